The van der Waals surface area contributed by atoms with E-state index in [9.17, 15) is 43.2 Å². The lowest BCUT2D eigenvalue weighted by Gasteiger charge is -2.21. The molecule has 3 N–H and O–H groups in total. The molecule has 19 heteroatoms. The van der Waals surface area contributed by atoms with Gasteiger partial charge in [0.25, 0.3) is 0 Å². The first-order valence-corrected chi connectivity index (χ1v) is 42.2. The van der Waals surface area contributed by atoms with Crippen molar-refractivity contribution in [2.45, 2.75) is 367 Å². The number of carbonyl (C=O) groups is 4. The zero-order valence-electron chi connectivity index (χ0n) is 62.2. The number of hydrogen-bond donors (Lipinski definition) is 3. The maximum absolute atomic E-state index is 13.1. The summed E-state index contributed by atoms with van der Waals surface area (Å²) in [5.74, 6) is -2.17. The summed E-state index contributed by atoms with van der Waals surface area (Å²) < 4.78 is 68.5. The van der Waals surface area contributed by atoms with Crippen LogP contribution in [0.3, 0.4) is 0 Å². The minimum Gasteiger partial charge on any atom is -0.462 e. The Bertz CT molecular complexity index is 2140. The molecule has 0 aromatic carbocycles. The van der Waals surface area contributed by atoms with Crippen molar-refractivity contribution in [3.8, 4) is 0 Å². The Morgan fingerprint density at radius 2 is 0.551 bits per heavy atom. The topological polar surface area (TPSA) is 237 Å². The van der Waals surface area contributed by atoms with Gasteiger partial charge in [-0.3, -0.25) is 37.3 Å². The van der Waals surface area contributed by atoms with E-state index in [1.54, 1.807) is 0 Å². The molecule has 0 saturated carbocycles. The van der Waals surface area contributed by atoms with Gasteiger partial charge in [-0.05, 0) is 89.9 Å². The van der Waals surface area contributed by atoms with Crippen molar-refractivity contribution in [1.29, 1.82) is 0 Å². The van der Waals surface area contributed by atoms with Crippen LogP contribution in [0.25, 0.3) is 0 Å². The molecule has 0 aromatic heterocycles. The predicted octanol–water partition coefficient (Wildman–Crippen LogP) is 22.4. The van der Waals surface area contributed by atoms with Crippen LogP contribution in [0, 0.1) is 0 Å². The fraction of sp³-hybridized carbons (Fsp3) is 0.797. The van der Waals surface area contributed by atoms with Crippen LogP contribution in [0.4, 0.5) is 0 Å². The number of unbranched alkanes of at least 4 members (excludes halogenated alkanes) is 36. The van der Waals surface area contributed by atoms with E-state index in [0.717, 1.165) is 161 Å². The molecule has 0 bridgehead atoms. The third-order valence-corrected chi connectivity index (χ3v) is 18.6. The van der Waals surface area contributed by atoms with E-state index in [1.165, 1.54) is 109 Å². The number of esters is 4. The van der Waals surface area contributed by atoms with E-state index in [-0.39, 0.29) is 25.7 Å². The van der Waals surface area contributed by atoms with Crippen molar-refractivity contribution >= 4 is 39.5 Å². The van der Waals surface area contributed by atoms with Gasteiger partial charge < -0.3 is 33.8 Å². The van der Waals surface area contributed by atoms with Gasteiger partial charge in [0.1, 0.15) is 19.3 Å². The largest absolute Gasteiger partial charge is 0.472 e. The van der Waals surface area contributed by atoms with Gasteiger partial charge in [0, 0.05) is 25.7 Å². The van der Waals surface area contributed by atoms with Gasteiger partial charge >= 0.3 is 39.5 Å². The molecular formula is C79H142O17P2. The van der Waals surface area contributed by atoms with E-state index in [4.69, 9.17) is 37.0 Å². The molecular weight excluding hydrogens is 1280 g/mol. The van der Waals surface area contributed by atoms with Crippen LogP contribution >= 0.6 is 15.6 Å². The van der Waals surface area contributed by atoms with Gasteiger partial charge in [0.15, 0.2) is 12.2 Å². The number of phosphoric ester groups is 2. The maximum Gasteiger partial charge on any atom is 0.472 e. The van der Waals surface area contributed by atoms with Crippen molar-refractivity contribution in [1.82, 2.24) is 0 Å². The highest BCUT2D eigenvalue weighted by Gasteiger charge is 2.30. The maximum atomic E-state index is 13.1. The lowest BCUT2D eigenvalue weighted by Crippen LogP contribution is -2.30. The molecule has 0 aliphatic heterocycles. The highest BCUT2D eigenvalue weighted by Crippen LogP contribution is 2.45. The average molecular weight is 1430 g/mol. The van der Waals surface area contributed by atoms with Gasteiger partial charge in [-0.1, -0.05) is 306 Å². The van der Waals surface area contributed by atoms with Crippen LogP contribution in [0.15, 0.2) is 72.9 Å². The normalized spacial score (nSPS) is 14.3. The second kappa shape index (κ2) is 71.9. The van der Waals surface area contributed by atoms with Crippen molar-refractivity contribution in [2.24, 2.45) is 0 Å². The first kappa shape index (κ1) is 94.5. The molecule has 0 aliphatic carbocycles. The molecule has 0 aliphatic rings. The first-order valence-electron chi connectivity index (χ1n) is 39.2. The smallest absolute Gasteiger partial charge is 0.462 e. The van der Waals surface area contributed by atoms with Crippen molar-refractivity contribution < 1.29 is 80.2 Å². The van der Waals surface area contributed by atoms with Gasteiger partial charge in [0.05, 0.1) is 26.4 Å². The number of ether oxygens (including phenoxy) is 4. The van der Waals surface area contributed by atoms with Crippen LogP contribution in [0.1, 0.15) is 349 Å². The molecule has 0 radical (unpaired) electrons. The Morgan fingerprint density at radius 1 is 0.296 bits per heavy atom. The van der Waals surface area contributed by atoms with Crippen molar-refractivity contribution in [3.63, 3.8) is 0 Å². The molecule has 0 fully saturated rings. The van der Waals surface area contributed by atoms with Crippen LogP contribution in [-0.4, -0.2) is 96.7 Å². The Kier molecular flexibility index (Phi) is 69.3. The summed E-state index contributed by atoms with van der Waals surface area (Å²) in [4.78, 5) is 72.9. The van der Waals surface area contributed by atoms with Gasteiger partial charge in [-0.25, -0.2) is 9.13 Å². The van der Waals surface area contributed by atoms with E-state index in [0.29, 0.717) is 25.7 Å². The number of aliphatic hydroxyl groups excluding tert-OH is 1. The summed E-state index contributed by atoms with van der Waals surface area (Å²) in [6.07, 6.45) is 71.7. The van der Waals surface area contributed by atoms with Crippen molar-refractivity contribution in [2.75, 3.05) is 39.6 Å². The fourth-order valence-corrected chi connectivity index (χ4v) is 12.3. The molecule has 98 heavy (non-hydrogen) atoms. The van der Waals surface area contributed by atoms with Gasteiger partial charge in [-0.2, -0.15) is 0 Å². The number of rotatable bonds is 74. The monoisotopic (exact) mass is 1420 g/mol. The number of carbonyl (C=O) groups excluding carboxylic acids is 4. The zero-order valence-corrected chi connectivity index (χ0v) is 64.0. The zero-order chi connectivity index (χ0) is 71.8. The molecule has 0 heterocycles. The standard InChI is InChI=1S/C79H142O17P2/c1-5-9-13-17-21-25-29-33-34-35-36-37-38-42-44-48-52-56-60-64-77(82)90-70-75(96-79(84)66-62-58-54-50-46-41-32-28-24-20-16-12-8-4)72-94-98(87,88)92-68-73(80)67-91-97(85,86)93-71-74(95-78(83)65-61-57-53-49-45-40-31-27-23-19-15-11-7-3)69-89-76(81)63-59-55-51-47-43-39-30-26-22-18-14-10-6-2/h9,13,16,20-21,25,28,32-34,36-37,73-75,80H,5-8,10-12,14-15,17-19,22-24,26-27,29-31,35,38-72H2,1-4H3,(H,85,86)(H,87,88)/b13-9-,20-16-,25-21-,32-28-,34-33-,37-36-. The molecule has 570 valence electrons. The van der Waals surface area contributed by atoms with E-state index in [1.807, 2.05) is 0 Å². The Morgan fingerprint density at radius 3 is 0.857 bits per heavy atom. The van der Waals surface area contributed by atoms with Crippen LogP contribution in [-0.2, 0) is 65.4 Å². The van der Waals surface area contributed by atoms with Gasteiger partial charge in [0.2, 0.25) is 0 Å². The second-order valence-electron chi connectivity index (χ2n) is 26.3. The summed E-state index contributed by atoms with van der Waals surface area (Å²) in [5.41, 5.74) is 0. The highest BCUT2D eigenvalue weighted by atomic mass is 31.2. The summed E-state index contributed by atoms with van der Waals surface area (Å²) in [5, 5.41) is 10.6. The summed E-state index contributed by atoms with van der Waals surface area (Å²) in [7, 11) is -9.94. The third kappa shape index (κ3) is 70.9. The van der Waals surface area contributed by atoms with Gasteiger partial charge in [-0.15, -0.1) is 0 Å². The number of allylic oxidation sites excluding steroid dienone is 12. The summed E-state index contributed by atoms with van der Waals surface area (Å²) >= 11 is 0. The highest BCUT2D eigenvalue weighted by molar-refractivity contribution is 7.47. The third-order valence-electron chi connectivity index (χ3n) is 16.7. The first-order chi connectivity index (χ1) is 47.7. The van der Waals surface area contributed by atoms with Crippen molar-refractivity contribution in [3.05, 3.63) is 72.9 Å². The quantitative estimate of drug-likeness (QED) is 0.0169. The SMILES string of the molecule is CC/C=C\C/C=C\C/C=C\C/C=C\CCCCCCCCC(=O)OCC(COP(=O)(O)OCC(O)COP(=O)(O)OCC(COC(=O)CCCCCCCCCCCCCCC)OC(=O)CCCCCCCCCCCCCCC)OC(=O)CCCCCCC/C=C\C/C=C\CCC. The molecule has 0 saturated heterocycles. The number of hydrogen-bond acceptors (Lipinski definition) is 15. The van der Waals surface area contributed by atoms with E-state index < -0.39 is 97.5 Å². The molecule has 5 atom stereocenters. The summed E-state index contributed by atoms with van der Waals surface area (Å²) in [6, 6.07) is 0. The Hall–Kier alpha value is -3.50. The van der Waals surface area contributed by atoms with E-state index >= 15 is 0 Å². The summed E-state index contributed by atoms with van der Waals surface area (Å²) in [6.45, 7) is 4.72. The molecule has 0 amide bonds. The molecule has 0 aromatic rings. The average Bonchev–Trinajstić information content (AvgIpc) is 0.966. The van der Waals surface area contributed by atoms with Crippen LogP contribution in [0.5, 0.6) is 0 Å². The lowest BCUT2D eigenvalue weighted by atomic mass is 10.0. The Balaban J connectivity index is 5.31. The number of phosphoric acid groups is 2. The van der Waals surface area contributed by atoms with E-state index in [2.05, 4.69) is 101 Å². The molecule has 17 nitrogen and oxygen atoms in total. The van der Waals surface area contributed by atoms with Crippen LogP contribution < -0.4 is 0 Å². The second-order valence-corrected chi connectivity index (χ2v) is 29.2. The predicted molar refractivity (Wildman–Crippen MR) is 400 cm³/mol. The minimum absolute atomic E-state index is 0.0775. The molecule has 5 unspecified atom stereocenters. The lowest BCUT2D eigenvalue weighted by molar-refractivity contribution is -0.161. The Labute approximate surface area is 596 Å². The van der Waals surface area contributed by atoms with Crippen LogP contribution in [0.2, 0.25) is 0 Å². The number of aliphatic hydroxyl groups is 1. The molecule has 0 spiro atoms. The fourth-order valence-electron chi connectivity index (χ4n) is 10.7. The molecule has 0 rings (SSSR count). The minimum atomic E-state index is -4.98.